The van der Waals surface area contributed by atoms with Gasteiger partial charge in [-0.2, -0.15) is 15.6 Å². The molecule has 0 unspecified atom stereocenters. The zero-order valence-electron chi connectivity index (χ0n) is 5.37. The van der Waals surface area contributed by atoms with Gasteiger partial charge in [0.2, 0.25) is 0 Å². The van der Waals surface area contributed by atoms with Crippen LogP contribution in [0.3, 0.4) is 0 Å². The van der Waals surface area contributed by atoms with Gasteiger partial charge in [0.05, 0.1) is 0 Å². The van der Waals surface area contributed by atoms with Crippen LogP contribution >= 0.6 is 15.6 Å². The van der Waals surface area contributed by atoms with Gasteiger partial charge in [-0.05, 0) is 0 Å². The van der Waals surface area contributed by atoms with E-state index in [2.05, 4.69) is 0 Å². The summed E-state index contributed by atoms with van der Waals surface area (Å²) in [5, 5.41) is 0. The molecular weight excluding hydrogens is 226 g/mol. The van der Waals surface area contributed by atoms with Gasteiger partial charge in [-0.1, -0.05) is 0 Å². The molecule has 0 radical (unpaired) electrons. The summed E-state index contributed by atoms with van der Waals surface area (Å²) in [6.45, 7) is 0. The smallest absolute Gasteiger partial charge is 0.822 e. The van der Waals surface area contributed by atoms with E-state index in [1.165, 1.54) is 0 Å². The van der Waals surface area contributed by atoms with Crippen LogP contribution in [0.5, 0.6) is 0 Å². The molecular formula is CMgO8P2. The third-order valence-electron chi connectivity index (χ3n) is 0. The minimum Gasteiger partial charge on any atom is -0.822 e. The predicted molar refractivity (Wildman–Crippen MR) is 24.2 cm³/mol. The van der Waals surface area contributed by atoms with Crippen LogP contribution < -0.4 is 29.4 Å². The molecule has 0 fully saturated rings. The van der Waals surface area contributed by atoms with Crippen molar-refractivity contribution in [2.75, 3.05) is 0 Å². The SMILES string of the molecule is O=P([O-])([O-])[O-].O=P([O-])([O-])[O-].[C+4].[Mg+2]. The Balaban J connectivity index is -0.0000000457. The van der Waals surface area contributed by atoms with Crippen molar-refractivity contribution < 1.29 is 38.5 Å². The van der Waals surface area contributed by atoms with Crippen molar-refractivity contribution in [2.24, 2.45) is 0 Å². The summed E-state index contributed by atoms with van der Waals surface area (Å²) in [6.07, 6.45) is 0. The number of rotatable bonds is 0. The van der Waals surface area contributed by atoms with E-state index in [4.69, 9.17) is 38.5 Å². The molecule has 0 atom stereocenters. The van der Waals surface area contributed by atoms with Crippen LogP contribution in [0, 0.1) is 7.43 Å². The minimum atomic E-state index is -5.39. The molecule has 0 heterocycles. The first kappa shape index (κ1) is 23.1. The molecule has 0 aromatic heterocycles. The average Bonchev–Trinajstić information content (AvgIpc) is 1.12. The van der Waals surface area contributed by atoms with E-state index in [1.807, 2.05) is 0 Å². The Morgan fingerprint density at radius 2 is 0.667 bits per heavy atom. The first-order valence-electron chi connectivity index (χ1n) is 1.46. The van der Waals surface area contributed by atoms with E-state index in [0.717, 1.165) is 0 Å². The Hall–Kier alpha value is 0.986. The van der Waals surface area contributed by atoms with E-state index in [-0.39, 0.29) is 30.5 Å². The fraction of sp³-hybridized carbons (Fsp3) is 0. The van der Waals surface area contributed by atoms with Crippen LogP contribution in [-0.4, -0.2) is 23.1 Å². The molecule has 0 amide bonds. The summed E-state index contributed by atoms with van der Waals surface area (Å²) in [6, 6.07) is 0. The van der Waals surface area contributed by atoms with Crippen molar-refractivity contribution in [1.82, 2.24) is 0 Å². The maximum Gasteiger partial charge on any atom is 4.00 e. The van der Waals surface area contributed by atoms with Gasteiger partial charge in [0.1, 0.15) is 0 Å². The van der Waals surface area contributed by atoms with Gasteiger partial charge in [-0.25, -0.2) is 0 Å². The number of phosphoric acid groups is 2. The third-order valence-corrected chi connectivity index (χ3v) is 0. The fourth-order valence-electron chi connectivity index (χ4n) is 0. The van der Waals surface area contributed by atoms with Crippen molar-refractivity contribution >= 4 is 38.7 Å². The molecule has 0 aromatic rings. The monoisotopic (exact) mass is 226 g/mol. The van der Waals surface area contributed by atoms with Crippen molar-refractivity contribution in [3.8, 4) is 0 Å². The number of hydrogen-bond donors (Lipinski definition) is 0. The van der Waals surface area contributed by atoms with Crippen LogP contribution in [0.25, 0.3) is 0 Å². The summed E-state index contributed by atoms with van der Waals surface area (Å²) < 4.78 is 17.1. The first-order valence-corrected chi connectivity index (χ1v) is 4.38. The molecule has 0 aliphatic rings. The van der Waals surface area contributed by atoms with E-state index >= 15 is 0 Å². The van der Waals surface area contributed by atoms with Gasteiger partial charge in [0, 0.05) is 0 Å². The second kappa shape index (κ2) is 8.58. The van der Waals surface area contributed by atoms with E-state index < -0.39 is 15.6 Å². The average molecular weight is 226 g/mol. The van der Waals surface area contributed by atoms with Gasteiger partial charge >= 0.3 is 30.5 Å². The summed E-state index contributed by atoms with van der Waals surface area (Å²) in [7, 11) is -10.8. The minimum absolute atomic E-state index is 0. The summed E-state index contributed by atoms with van der Waals surface area (Å²) >= 11 is 0. The molecule has 8 nitrogen and oxygen atoms in total. The summed E-state index contributed by atoms with van der Waals surface area (Å²) in [5.41, 5.74) is 0. The quantitative estimate of drug-likeness (QED) is 0.290. The maximum atomic E-state index is 8.55. The van der Waals surface area contributed by atoms with Crippen molar-refractivity contribution in [3.05, 3.63) is 7.43 Å². The van der Waals surface area contributed by atoms with Crippen molar-refractivity contribution in [1.29, 1.82) is 0 Å². The Morgan fingerprint density at radius 3 is 0.667 bits per heavy atom. The molecule has 11 heteroatoms. The Kier molecular flexibility index (Phi) is 16.5. The molecule has 0 aromatic carbocycles. The van der Waals surface area contributed by atoms with Gasteiger partial charge in [-0.15, -0.1) is 0 Å². The van der Waals surface area contributed by atoms with Crippen molar-refractivity contribution in [3.63, 3.8) is 0 Å². The van der Waals surface area contributed by atoms with Crippen LogP contribution in [-0.2, 0) is 9.13 Å². The zero-order valence-corrected chi connectivity index (χ0v) is 8.57. The molecule has 0 saturated heterocycles. The fourth-order valence-corrected chi connectivity index (χ4v) is 0. The molecule has 0 aliphatic carbocycles. The van der Waals surface area contributed by atoms with Gasteiger partial charge < -0.3 is 38.5 Å². The standard InChI is InChI=1S/C.Mg.2H3O4P/c;;2*1-5(2,3)4/h;;2*(H3,1,2,3,4)/q+4;+2;;/p-6. The summed E-state index contributed by atoms with van der Waals surface area (Å²) in [5.74, 6) is 0. The van der Waals surface area contributed by atoms with Gasteiger partial charge in [-0.3, -0.25) is 0 Å². The third kappa shape index (κ3) is 1130. The first-order chi connectivity index (χ1) is 4.00. The Morgan fingerprint density at radius 1 is 0.667 bits per heavy atom. The van der Waals surface area contributed by atoms with Crippen LogP contribution in [0.4, 0.5) is 0 Å². The summed E-state index contributed by atoms with van der Waals surface area (Å²) in [4.78, 5) is 51.3. The molecule has 0 saturated carbocycles. The predicted octanol–water partition coefficient (Wildman–Crippen LogP) is -5.95. The second-order valence-corrected chi connectivity index (χ2v) is 2.68. The van der Waals surface area contributed by atoms with E-state index in [1.54, 1.807) is 0 Å². The van der Waals surface area contributed by atoms with Gasteiger partial charge in [0.15, 0.2) is 0 Å². The molecule has 0 spiro atoms. The molecule has 0 N–H and O–H groups in total. The van der Waals surface area contributed by atoms with E-state index in [9.17, 15) is 0 Å². The van der Waals surface area contributed by atoms with E-state index in [0.29, 0.717) is 0 Å². The topological polar surface area (TPSA) is 172 Å². The zero-order chi connectivity index (χ0) is 9.00. The Labute approximate surface area is 84.9 Å². The largest absolute Gasteiger partial charge is 4.00 e. The maximum absolute atomic E-state index is 8.55. The molecule has 0 aliphatic heterocycles. The van der Waals surface area contributed by atoms with Crippen LogP contribution in [0.15, 0.2) is 0 Å². The van der Waals surface area contributed by atoms with Crippen molar-refractivity contribution in [2.45, 2.75) is 0 Å². The molecule has 64 valence electrons. The van der Waals surface area contributed by atoms with Crippen LogP contribution in [0.2, 0.25) is 0 Å². The van der Waals surface area contributed by atoms with Crippen LogP contribution in [0.1, 0.15) is 0 Å². The van der Waals surface area contributed by atoms with Gasteiger partial charge in [0.25, 0.3) is 0 Å². The second-order valence-electron chi connectivity index (χ2n) is 0.894. The number of hydrogen-bond acceptors (Lipinski definition) is 8. The normalized spacial score (nSPS) is 9.83. The molecule has 0 rings (SSSR count). The molecule has 12 heavy (non-hydrogen) atoms. The Bertz CT molecular complexity index is 129. The molecule has 0 bridgehead atoms.